The molecule has 0 saturated carbocycles. The number of hydrogen-bond acceptors (Lipinski definition) is 2. The lowest BCUT2D eigenvalue weighted by Crippen LogP contribution is -2.13. The molecule has 0 N–H and O–H groups in total. The van der Waals surface area contributed by atoms with Crippen molar-refractivity contribution >= 4 is 5.78 Å². The Hall–Kier alpha value is -2.23. The third-order valence-corrected chi connectivity index (χ3v) is 3.08. The van der Waals surface area contributed by atoms with E-state index >= 15 is 0 Å². The van der Waals surface area contributed by atoms with E-state index in [2.05, 4.69) is 0 Å². The third-order valence-electron chi connectivity index (χ3n) is 3.08. The average Bonchev–Trinajstić information content (AvgIpc) is 2.40. The van der Waals surface area contributed by atoms with E-state index in [9.17, 15) is 13.6 Å². The second-order valence-corrected chi connectivity index (χ2v) is 4.58. The van der Waals surface area contributed by atoms with Gasteiger partial charge in [-0.3, -0.25) is 4.79 Å². The van der Waals surface area contributed by atoms with E-state index in [0.717, 1.165) is 23.3 Å². The molecule has 2 rings (SSSR count). The Kier molecular flexibility index (Phi) is 4.13. The van der Waals surface area contributed by atoms with Gasteiger partial charge in [0, 0.05) is 6.07 Å². The molecule has 0 aliphatic rings. The molecule has 2 nitrogen and oxygen atoms in total. The van der Waals surface area contributed by atoms with Gasteiger partial charge in [-0.2, -0.15) is 0 Å². The summed E-state index contributed by atoms with van der Waals surface area (Å²) in [5, 5.41) is 0. The van der Waals surface area contributed by atoms with E-state index in [4.69, 9.17) is 4.74 Å². The molecule has 2 aromatic rings. The van der Waals surface area contributed by atoms with Crippen molar-refractivity contribution in [3.8, 4) is 5.75 Å². The van der Waals surface area contributed by atoms with Gasteiger partial charge < -0.3 is 4.74 Å². The molecule has 0 atom stereocenters. The summed E-state index contributed by atoms with van der Waals surface area (Å²) in [6, 6.07) is 8.29. The number of carbonyl (C=O) groups excluding carboxylic acids is 1. The molecular weight excluding hydrogens is 262 g/mol. The van der Waals surface area contributed by atoms with Gasteiger partial charge in [-0.1, -0.05) is 6.07 Å². The third kappa shape index (κ3) is 3.20. The molecule has 0 unspecified atom stereocenters. The van der Waals surface area contributed by atoms with Gasteiger partial charge in [0.05, 0.1) is 5.56 Å². The van der Waals surface area contributed by atoms with Crippen LogP contribution in [0.15, 0.2) is 36.4 Å². The minimum atomic E-state index is -0.876. The zero-order chi connectivity index (χ0) is 14.7. The molecule has 0 saturated heterocycles. The van der Waals surface area contributed by atoms with Gasteiger partial charge in [-0.05, 0) is 49.2 Å². The van der Waals surface area contributed by atoms with E-state index in [-0.39, 0.29) is 12.2 Å². The largest absolute Gasteiger partial charge is 0.485 e. The molecule has 104 valence electrons. The second kappa shape index (κ2) is 5.82. The number of benzene rings is 2. The molecule has 0 radical (unpaired) electrons. The molecule has 2 aromatic carbocycles. The summed E-state index contributed by atoms with van der Waals surface area (Å²) in [7, 11) is 0. The quantitative estimate of drug-likeness (QED) is 0.793. The van der Waals surface area contributed by atoms with Crippen LogP contribution in [0, 0.1) is 25.5 Å². The SMILES string of the molecule is Cc1ccc(OCC(=O)c2ccc(F)cc2F)cc1C. The van der Waals surface area contributed by atoms with E-state index in [0.29, 0.717) is 11.8 Å². The van der Waals surface area contributed by atoms with Crippen molar-refractivity contribution in [1.29, 1.82) is 0 Å². The van der Waals surface area contributed by atoms with Crippen LogP contribution in [-0.4, -0.2) is 12.4 Å². The molecule has 20 heavy (non-hydrogen) atoms. The summed E-state index contributed by atoms with van der Waals surface area (Å²) < 4.78 is 31.5. The normalized spacial score (nSPS) is 10.4. The predicted molar refractivity (Wildman–Crippen MR) is 72.1 cm³/mol. The van der Waals surface area contributed by atoms with Crippen LogP contribution in [0.3, 0.4) is 0 Å². The Morgan fingerprint density at radius 1 is 1.05 bits per heavy atom. The van der Waals surface area contributed by atoms with Crippen molar-refractivity contribution in [3.05, 3.63) is 64.7 Å². The molecule has 0 aromatic heterocycles. The first-order valence-electron chi connectivity index (χ1n) is 6.15. The molecular formula is C16H14F2O2. The highest BCUT2D eigenvalue weighted by atomic mass is 19.1. The maximum absolute atomic E-state index is 13.4. The molecule has 0 aliphatic carbocycles. The van der Waals surface area contributed by atoms with E-state index in [1.54, 1.807) is 6.07 Å². The molecule has 0 spiro atoms. The Morgan fingerprint density at radius 2 is 1.80 bits per heavy atom. The first-order valence-corrected chi connectivity index (χ1v) is 6.15. The van der Waals surface area contributed by atoms with Crippen LogP contribution in [-0.2, 0) is 0 Å². The fourth-order valence-corrected chi connectivity index (χ4v) is 1.75. The second-order valence-electron chi connectivity index (χ2n) is 4.58. The van der Waals surface area contributed by atoms with Crippen molar-refractivity contribution in [2.75, 3.05) is 6.61 Å². The average molecular weight is 276 g/mol. The number of ketones is 1. The summed E-state index contributed by atoms with van der Waals surface area (Å²) in [6.45, 7) is 3.62. The standard InChI is InChI=1S/C16H14F2O2/c1-10-3-5-13(7-11(10)2)20-9-16(19)14-6-4-12(17)8-15(14)18/h3-8H,9H2,1-2H3. The number of hydrogen-bond donors (Lipinski definition) is 0. The van der Waals surface area contributed by atoms with Crippen LogP contribution in [0.2, 0.25) is 0 Å². The Labute approximate surface area is 116 Å². The minimum absolute atomic E-state index is 0.171. The van der Waals surface area contributed by atoms with Crippen molar-refractivity contribution in [2.24, 2.45) is 0 Å². The Bertz CT molecular complexity index is 651. The Morgan fingerprint density at radius 3 is 2.45 bits per heavy atom. The highest BCUT2D eigenvalue weighted by Crippen LogP contribution is 2.17. The van der Waals surface area contributed by atoms with Gasteiger partial charge in [0.1, 0.15) is 17.4 Å². The van der Waals surface area contributed by atoms with E-state index in [1.807, 2.05) is 26.0 Å². The molecule has 0 fully saturated rings. The van der Waals surface area contributed by atoms with Gasteiger partial charge in [-0.25, -0.2) is 8.78 Å². The summed E-state index contributed by atoms with van der Waals surface area (Å²) in [6.07, 6.45) is 0. The minimum Gasteiger partial charge on any atom is -0.485 e. The summed E-state index contributed by atoms with van der Waals surface area (Å²) in [5.41, 5.74) is 1.99. The molecule has 0 amide bonds. The van der Waals surface area contributed by atoms with Gasteiger partial charge in [0.15, 0.2) is 6.61 Å². The number of rotatable bonds is 4. The van der Waals surface area contributed by atoms with Crippen molar-refractivity contribution in [2.45, 2.75) is 13.8 Å². The lowest BCUT2D eigenvalue weighted by atomic mass is 10.1. The van der Waals surface area contributed by atoms with Crippen LogP contribution >= 0.6 is 0 Å². The van der Waals surface area contributed by atoms with Crippen LogP contribution < -0.4 is 4.74 Å². The summed E-state index contributed by atoms with van der Waals surface area (Å²) in [5.74, 6) is -1.57. The van der Waals surface area contributed by atoms with Crippen LogP contribution in [0.5, 0.6) is 5.75 Å². The maximum atomic E-state index is 13.4. The predicted octanol–water partition coefficient (Wildman–Crippen LogP) is 3.84. The maximum Gasteiger partial charge on any atom is 0.203 e. The topological polar surface area (TPSA) is 26.3 Å². The van der Waals surface area contributed by atoms with Gasteiger partial charge in [0.2, 0.25) is 5.78 Å². The number of aryl methyl sites for hydroxylation is 2. The summed E-state index contributed by atoms with van der Waals surface area (Å²) >= 11 is 0. The molecule has 0 bridgehead atoms. The zero-order valence-electron chi connectivity index (χ0n) is 11.2. The van der Waals surface area contributed by atoms with Crippen LogP contribution in [0.1, 0.15) is 21.5 Å². The number of Topliss-reactive ketones (excluding diaryl/α,β-unsaturated/α-hetero) is 1. The number of halogens is 2. The van der Waals surface area contributed by atoms with E-state index in [1.165, 1.54) is 0 Å². The highest BCUT2D eigenvalue weighted by Gasteiger charge is 2.13. The van der Waals surface area contributed by atoms with Crippen LogP contribution in [0.4, 0.5) is 8.78 Å². The molecule has 0 heterocycles. The fraction of sp³-hybridized carbons (Fsp3) is 0.188. The first kappa shape index (κ1) is 14.2. The smallest absolute Gasteiger partial charge is 0.203 e. The van der Waals surface area contributed by atoms with Crippen molar-refractivity contribution in [1.82, 2.24) is 0 Å². The monoisotopic (exact) mass is 276 g/mol. The highest BCUT2D eigenvalue weighted by molar-refractivity contribution is 5.97. The first-order chi connectivity index (χ1) is 9.47. The zero-order valence-corrected chi connectivity index (χ0v) is 11.2. The lowest BCUT2D eigenvalue weighted by molar-refractivity contribution is 0.0917. The Balaban J connectivity index is 2.06. The van der Waals surface area contributed by atoms with Gasteiger partial charge in [-0.15, -0.1) is 0 Å². The summed E-state index contributed by atoms with van der Waals surface area (Å²) in [4.78, 5) is 11.8. The fourth-order valence-electron chi connectivity index (χ4n) is 1.75. The number of ether oxygens (including phenoxy) is 1. The van der Waals surface area contributed by atoms with Crippen molar-refractivity contribution < 1.29 is 18.3 Å². The van der Waals surface area contributed by atoms with Crippen molar-refractivity contribution in [3.63, 3.8) is 0 Å². The van der Waals surface area contributed by atoms with Crippen LogP contribution in [0.25, 0.3) is 0 Å². The van der Waals surface area contributed by atoms with E-state index < -0.39 is 17.4 Å². The molecule has 4 heteroatoms. The van der Waals surface area contributed by atoms with Gasteiger partial charge in [0.25, 0.3) is 0 Å². The lowest BCUT2D eigenvalue weighted by Gasteiger charge is -2.08. The number of carbonyl (C=O) groups is 1. The van der Waals surface area contributed by atoms with Gasteiger partial charge >= 0.3 is 0 Å². The molecule has 0 aliphatic heterocycles.